The van der Waals surface area contributed by atoms with E-state index in [1.165, 1.54) is 29.4 Å². The van der Waals surface area contributed by atoms with Crippen molar-refractivity contribution in [3.8, 4) is 0 Å². The molecule has 0 unspecified atom stereocenters. The average molecular weight is 300 g/mol. The van der Waals surface area contributed by atoms with Crippen molar-refractivity contribution in [3.63, 3.8) is 0 Å². The van der Waals surface area contributed by atoms with Crippen molar-refractivity contribution in [2.75, 3.05) is 12.1 Å². The van der Waals surface area contributed by atoms with E-state index < -0.39 is 17.6 Å². The molecule has 0 aromatic carbocycles. The lowest BCUT2D eigenvalue weighted by Gasteiger charge is -2.19. The van der Waals surface area contributed by atoms with Crippen LogP contribution in [0.3, 0.4) is 0 Å². The van der Waals surface area contributed by atoms with E-state index in [1.54, 1.807) is 7.05 Å². The highest BCUT2D eigenvalue weighted by Crippen LogP contribution is 2.28. The van der Waals surface area contributed by atoms with Crippen molar-refractivity contribution in [1.29, 1.82) is 0 Å². The number of hydrogen-bond donors (Lipinski definition) is 1. The predicted molar refractivity (Wildman–Crippen MR) is 68.7 cm³/mol. The molecule has 21 heavy (non-hydrogen) atoms. The molecule has 0 saturated heterocycles. The number of anilines is 1. The van der Waals surface area contributed by atoms with Gasteiger partial charge in [0.25, 0.3) is 0 Å². The van der Waals surface area contributed by atoms with Crippen molar-refractivity contribution in [1.82, 2.24) is 15.4 Å². The van der Waals surface area contributed by atoms with Crippen molar-refractivity contribution in [2.24, 2.45) is 0 Å². The largest absolute Gasteiger partial charge is 0.417 e. The molecule has 2 rings (SSSR count). The van der Waals surface area contributed by atoms with Crippen LogP contribution in [0.25, 0.3) is 0 Å². The molecule has 0 fully saturated rings. The minimum absolute atomic E-state index is 0.0874. The van der Waals surface area contributed by atoms with Crippen LogP contribution in [0.5, 0.6) is 0 Å². The molecular formula is C13H12F4N4. The van der Waals surface area contributed by atoms with Gasteiger partial charge in [0.15, 0.2) is 11.6 Å². The predicted octanol–water partition coefficient (Wildman–Crippen LogP) is 2.78. The molecule has 0 radical (unpaired) electrons. The summed E-state index contributed by atoms with van der Waals surface area (Å²) in [6, 6.07) is 4.94. The van der Waals surface area contributed by atoms with Crippen molar-refractivity contribution in [3.05, 3.63) is 53.7 Å². The van der Waals surface area contributed by atoms with Crippen molar-refractivity contribution in [2.45, 2.75) is 12.7 Å². The summed E-state index contributed by atoms with van der Waals surface area (Å²) in [5, 5.41) is 1.34. The van der Waals surface area contributed by atoms with Gasteiger partial charge in [-0.2, -0.15) is 13.2 Å². The van der Waals surface area contributed by atoms with Gasteiger partial charge in [0.2, 0.25) is 0 Å². The van der Waals surface area contributed by atoms with Gasteiger partial charge in [-0.05, 0) is 24.3 Å². The zero-order valence-electron chi connectivity index (χ0n) is 11.0. The number of pyridine rings is 2. The molecular weight excluding hydrogens is 288 g/mol. The summed E-state index contributed by atoms with van der Waals surface area (Å²) in [4.78, 5) is 7.57. The normalized spacial score (nSPS) is 11.5. The number of hydrazine groups is 1. The quantitative estimate of drug-likeness (QED) is 0.696. The fraction of sp³-hybridized carbons (Fsp3) is 0.231. The van der Waals surface area contributed by atoms with Crippen LogP contribution in [0.1, 0.15) is 11.3 Å². The zero-order valence-corrected chi connectivity index (χ0v) is 11.0. The van der Waals surface area contributed by atoms with E-state index in [0.717, 1.165) is 12.3 Å². The van der Waals surface area contributed by atoms with E-state index in [4.69, 9.17) is 0 Å². The third kappa shape index (κ3) is 3.88. The molecule has 0 spiro atoms. The van der Waals surface area contributed by atoms with Gasteiger partial charge in [0.1, 0.15) is 0 Å². The smallest absolute Gasteiger partial charge is 0.292 e. The second-order valence-corrected chi connectivity index (χ2v) is 4.24. The van der Waals surface area contributed by atoms with Crippen LogP contribution >= 0.6 is 0 Å². The first-order chi connectivity index (χ1) is 9.88. The van der Waals surface area contributed by atoms with E-state index in [9.17, 15) is 17.6 Å². The highest BCUT2D eigenvalue weighted by atomic mass is 19.4. The number of alkyl halides is 3. The maximum Gasteiger partial charge on any atom is 0.417 e. The highest BCUT2D eigenvalue weighted by Gasteiger charge is 2.30. The fourth-order valence-electron chi connectivity index (χ4n) is 1.60. The van der Waals surface area contributed by atoms with Crippen LogP contribution in [0.2, 0.25) is 0 Å². The van der Waals surface area contributed by atoms with Gasteiger partial charge >= 0.3 is 6.18 Å². The number of halogens is 4. The Morgan fingerprint density at radius 2 is 1.95 bits per heavy atom. The molecule has 0 amide bonds. The summed E-state index contributed by atoms with van der Waals surface area (Å²) in [6.07, 6.45) is -2.21. The third-order valence-corrected chi connectivity index (χ3v) is 2.71. The lowest BCUT2D eigenvalue weighted by Crippen LogP contribution is -2.35. The van der Waals surface area contributed by atoms with Crippen molar-refractivity contribution < 1.29 is 17.6 Å². The number of aromatic nitrogens is 2. The molecule has 2 aromatic heterocycles. The summed E-state index contributed by atoms with van der Waals surface area (Å²) in [6.45, 7) is 0.144. The maximum absolute atomic E-state index is 13.5. The SMILES string of the molecule is CN(NCc1ccc(C(F)(F)F)cn1)c1ncccc1F. The highest BCUT2D eigenvalue weighted by molar-refractivity contribution is 5.36. The Bertz CT molecular complexity index is 598. The summed E-state index contributed by atoms with van der Waals surface area (Å²) >= 11 is 0. The van der Waals surface area contributed by atoms with Gasteiger partial charge < -0.3 is 0 Å². The van der Waals surface area contributed by atoms with Crippen LogP contribution in [-0.4, -0.2) is 17.0 Å². The Hall–Kier alpha value is -2.22. The Morgan fingerprint density at radius 1 is 1.19 bits per heavy atom. The minimum Gasteiger partial charge on any atom is -0.292 e. The van der Waals surface area contributed by atoms with E-state index in [2.05, 4.69) is 15.4 Å². The van der Waals surface area contributed by atoms with Crippen LogP contribution in [0.15, 0.2) is 36.7 Å². The minimum atomic E-state index is -4.41. The first kappa shape index (κ1) is 15.2. The maximum atomic E-state index is 13.5. The number of rotatable bonds is 4. The van der Waals surface area contributed by atoms with Crippen LogP contribution < -0.4 is 10.4 Å². The van der Waals surface area contributed by atoms with Gasteiger partial charge in [-0.25, -0.2) is 14.8 Å². The Kier molecular flexibility index (Phi) is 4.37. The molecule has 0 saturated carbocycles. The molecule has 0 atom stereocenters. The van der Waals surface area contributed by atoms with Crippen molar-refractivity contribution >= 4 is 5.82 Å². The van der Waals surface area contributed by atoms with Crippen LogP contribution in [0, 0.1) is 5.82 Å². The Labute approximate surface area is 118 Å². The van der Waals surface area contributed by atoms with E-state index >= 15 is 0 Å². The second-order valence-electron chi connectivity index (χ2n) is 4.24. The molecule has 0 aliphatic heterocycles. The molecule has 2 heterocycles. The molecule has 0 aliphatic carbocycles. The lowest BCUT2D eigenvalue weighted by atomic mass is 10.2. The van der Waals surface area contributed by atoms with E-state index in [1.807, 2.05) is 0 Å². The fourth-order valence-corrected chi connectivity index (χ4v) is 1.60. The first-order valence-electron chi connectivity index (χ1n) is 5.98. The van der Waals surface area contributed by atoms with Crippen LogP contribution in [-0.2, 0) is 12.7 Å². The first-order valence-corrected chi connectivity index (χ1v) is 5.98. The summed E-state index contributed by atoms with van der Waals surface area (Å²) in [5.74, 6) is -0.419. The van der Waals surface area contributed by atoms with Gasteiger partial charge in [0, 0.05) is 19.4 Å². The standard InChI is InChI=1S/C13H12F4N4/c1-21(12-11(14)3-2-6-18-12)20-8-10-5-4-9(7-19-10)13(15,16)17/h2-7,20H,8H2,1H3. The molecule has 4 nitrogen and oxygen atoms in total. The van der Waals surface area contributed by atoms with Crippen LogP contribution in [0.4, 0.5) is 23.4 Å². The molecule has 0 bridgehead atoms. The Morgan fingerprint density at radius 3 is 2.52 bits per heavy atom. The summed E-state index contributed by atoms with van der Waals surface area (Å²) in [7, 11) is 1.55. The second kappa shape index (κ2) is 6.04. The summed E-state index contributed by atoms with van der Waals surface area (Å²) < 4.78 is 50.6. The number of nitrogens with one attached hydrogen (secondary N) is 1. The molecule has 0 aliphatic rings. The number of hydrogen-bond acceptors (Lipinski definition) is 4. The molecule has 112 valence electrons. The average Bonchev–Trinajstić information content (AvgIpc) is 2.45. The molecule has 8 heteroatoms. The Balaban J connectivity index is 1.99. The third-order valence-electron chi connectivity index (χ3n) is 2.71. The van der Waals surface area contributed by atoms with E-state index in [-0.39, 0.29) is 12.4 Å². The molecule has 1 N–H and O–H groups in total. The topological polar surface area (TPSA) is 41.0 Å². The summed E-state index contributed by atoms with van der Waals surface area (Å²) in [5.41, 5.74) is 2.39. The zero-order chi connectivity index (χ0) is 15.5. The molecule has 2 aromatic rings. The number of nitrogens with zero attached hydrogens (tertiary/aromatic N) is 3. The van der Waals surface area contributed by atoms with Gasteiger partial charge in [-0.1, -0.05) is 0 Å². The van der Waals surface area contributed by atoms with Gasteiger partial charge in [0.05, 0.1) is 17.8 Å². The lowest BCUT2D eigenvalue weighted by molar-refractivity contribution is -0.137. The van der Waals surface area contributed by atoms with Gasteiger partial charge in [-0.3, -0.25) is 9.99 Å². The van der Waals surface area contributed by atoms with E-state index in [0.29, 0.717) is 5.69 Å². The monoisotopic (exact) mass is 300 g/mol. The van der Waals surface area contributed by atoms with Gasteiger partial charge in [-0.15, -0.1) is 0 Å².